The highest BCUT2D eigenvalue weighted by molar-refractivity contribution is 6.33. The largest absolute Gasteiger partial charge is 0.421 e. The van der Waals surface area contributed by atoms with E-state index in [0.717, 1.165) is 13.0 Å². The van der Waals surface area contributed by atoms with E-state index < -0.39 is 5.82 Å². The van der Waals surface area contributed by atoms with Crippen LogP contribution in [0.1, 0.15) is 33.1 Å². The van der Waals surface area contributed by atoms with Crippen molar-refractivity contribution in [3.8, 4) is 11.5 Å². The van der Waals surface area contributed by atoms with Gasteiger partial charge in [0.1, 0.15) is 5.82 Å². The van der Waals surface area contributed by atoms with Gasteiger partial charge in [-0.15, -0.1) is 10.2 Å². The van der Waals surface area contributed by atoms with E-state index >= 15 is 0 Å². The zero-order valence-electron chi connectivity index (χ0n) is 12.4. The Morgan fingerprint density at radius 3 is 2.76 bits per heavy atom. The Balaban J connectivity index is 1.97. The zero-order chi connectivity index (χ0) is 15.5. The van der Waals surface area contributed by atoms with Crippen molar-refractivity contribution in [2.45, 2.75) is 39.2 Å². The van der Waals surface area contributed by atoms with Crippen LogP contribution in [-0.4, -0.2) is 22.3 Å². The summed E-state index contributed by atoms with van der Waals surface area (Å²) in [6, 6.07) is 4.51. The van der Waals surface area contributed by atoms with Crippen LogP contribution in [-0.2, 0) is 6.42 Å². The average Bonchev–Trinajstić information content (AvgIpc) is 2.85. The zero-order valence-corrected chi connectivity index (χ0v) is 13.2. The summed E-state index contributed by atoms with van der Waals surface area (Å²) in [7, 11) is 0. The Kier molecular flexibility index (Phi) is 4.96. The van der Waals surface area contributed by atoms with Crippen LogP contribution in [0.15, 0.2) is 22.6 Å². The van der Waals surface area contributed by atoms with Crippen molar-refractivity contribution in [1.29, 1.82) is 0 Å². The second kappa shape index (κ2) is 6.54. The minimum absolute atomic E-state index is 0.00194. The number of aromatic nitrogens is 2. The van der Waals surface area contributed by atoms with Crippen molar-refractivity contribution in [2.75, 3.05) is 6.54 Å². The molecule has 0 saturated heterocycles. The highest BCUT2D eigenvalue weighted by atomic mass is 35.5. The number of halogens is 2. The van der Waals surface area contributed by atoms with Crippen molar-refractivity contribution in [3.63, 3.8) is 0 Å². The van der Waals surface area contributed by atoms with Crippen LogP contribution < -0.4 is 5.32 Å². The molecule has 0 aliphatic heterocycles. The highest BCUT2D eigenvalue weighted by Crippen LogP contribution is 2.28. The van der Waals surface area contributed by atoms with Crippen LogP contribution in [0.5, 0.6) is 0 Å². The summed E-state index contributed by atoms with van der Waals surface area (Å²) >= 11 is 5.90. The quantitative estimate of drug-likeness (QED) is 0.852. The van der Waals surface area contributed by atoms with Crippen molar-refractivity contribution < 1.29 is 8.81 Å². The molecular weight excluding hydrogens is 293 g/mol. The van der Waals surface area contributed by atoms with Gasteiger partial charge in [0.2, 0.25) is 11.8 Å². The van der Waals surface area contributed by atoms with Crippen molar-refractivity contribution in [3.05, 3.63) is 34.9 Å². The van der Waals surface area contributed by atoms with Gasteiger partial charge in [-0.05, 0) is 45.9 Å². The lowest BCUT2D eigenvalue weighted by molar-refractivity contribution is 0.412. The molecule has 0 unspecified atom stereocenters. The normalized spacial score (nSPS) is 11.9. The molecule has 0 amide bonds. The predicted octanol–water partition coefficient (Wildman–Crippen LogP) is 3.85. The smallest absolute Gasteiger partial charge is 0.249 e. The van der Waals surface area contributed by atoms with Gasteiger partial charge in [0.05, 0.1) is 10.6 Å². The maximum atomic E-state index is 13.4. The first-order valence-electron chi connectivity index (χ1n) is 6.88. The fraction of sp³-hybridized carbons (Fsp3) is 0.467. The summed E-state index contributed by atoms with van der Waals surface area (Å²) in [5.41, 5.74) is 0.512. The summed E-state index contributed by atoms with van der Waals surface area (Å²) < 4.78 is 18.9. The number of aryl methyl sites for hydroxylation is 1. The van der Waals surface area contributed by atoms with Gasteiger partial charge in [-0.1, -0.05) is 17.7 Å². The lowest BCUT2D eigenvalue weighted by Crippen LogP contribution is -2.36. The van der Waals surface area contributed by atoms with Crippen LogP contribution >= 0.6 is 11.6 Å². The Bertz CT molecular complexity index is 607. The van der Waals surface area contributed by atoms with Crippen LogP contribution in [0, 0.1) is 5.82 Å². The number of nitrogens with one attached hydrogen (secondary N) is 1. The number of hydrogen-bond donors (Lipinski definition) is 1. The molecule has 0 aliphatic rings. The molecule has 4 nitrogen and oxygen atoms in total. The molecular formula is C15H19ClFN3O. The molecule has 0 bridgehead atoms. The number of rotatable bonds is 5. The molecule has 0 radical (unpaired) electrons. The SMILES string of the molecule is CC(C)(C)NCCCc1nnc(-c2cccc(F)c2Cl)o1. The van der Waals surface area contributed by atoms with E-state index in [1.807, 2.05) is 0 Å². The molecule has 0 fully saturated rings. The fourth-order valence-corrected chi connectivity index (χ4v) is 2.04. The molecule has 1 N–H and O–H groups in total. The molecule has 0 atom stereocenters. The molecule has 114 valence electrons. The Hall–Kier alpha value is -1.46. The first-order chi connectivity index (χ1) is 9.87. The van der Waals surface area contributed by atoms with Crippen LogP contribution in [0.4, 0.5) is 4.39 Å². The van der Waals surface area contributed by atoms with Gasteiger partial charge in [0.25, 0.3) is 0 Å². The van der Waals surface area contributed by atoms with Crippen LogP contribution in [0.3, 0.4) is 0 Å². The second-order valence-corrected chi connectivity index (χ2v) is 6.26. The summed E-state index contributed by atoms with van der Waals surface area (Å²) in [4.78, 5) is 0. The summed E-state index contributed by atoms with van der Waals surface area (Å²) in [5, 5.41) is 11.3. The summed E-state index contributed by atoms with van der Waals surface area (Å²) in [5.74, 6) is 0.280. The number of nitrogens with zero attached hydrogens (tertiary/aromatic N) is 2. The van der Waals surface area contributed by atoms with Gasteiger partial charge in [-0.25, -0.2) is 4.39 Å². The highest BCUT2D eigenvalue weighted by Gasteiger charge is 2.14. The lowest BCUT2D eigenvalue weighted by atomic mass is 10.1. The third kappa shape index (κ3) is 4.51. The first kappa shape index (κ1) is 15.9. The molecule has 0 aliphatic carbocycles. The van der Waals surface area contributed by atoms with Crippen LogP contribution in [0.25, 0.3) is 11.5 Å². The third-order valence-corrected chi connectivity index (χ3v) is 3.26. The average molecular weight is 312 g/mol. The third-order valence-electron chi connectivity index (χ3n) is 2.87. The Labute approximate surface area is 128 Å². The van der Waals surface area contributed by atoms with Crippen molar-refractivity contribution >= 4 is 11.6 Å². The molecule has 1 aromatic carbocycles. The minimum Gasteiger partial charge on any atom is -0.421 e. The first-order valence-corrected chi connectivity index (χ1v) is 7.26. The molecule has 21 heavy (non-hydrogen) atoms. The van der Waals surface area contributed by atoms with Gasteiger partial charge in [0, 0.05) is 12.0 Å². The predicted molar refractivity (Wildman–Crippen MR) is 80.8 cm³/mol. The molecule has 2 rings (SSSR count). The van der Waals surface area contributed by atoms with E-state index in [-0.39, 0.29) is 16.5 Å². The maximum Gasteiger partial charge on any atom is 0.249 e. The van der Waals surface area contributed by atoms with Crippen molar-refractivity contribution in [2.24, 2.45) is 0 Å². The molecule has 0 saturated carbocycles. The van der Waals surface area contributed by atoms with Gasteiger partial charge in [0.15, 0.2) is 0 Å². The molecule has 1 aromatic heterocycles. The topological polar surface area (TPSA) is 51.0 Å². The Morgan fingerprint density at radius 1 is 1.29 bits per heavy atom. The molecule has 1 heterocycles. The number of benzene rings is 1. The van der Waals surface area contributed by atoms with Crippen LogP contribution in [0.2, 0.25) is 5.02 Å². The van der Waals surface area contributed by atoms with Gasteiger partial charge < -0.3 is 9.73 Å². The number of hydrogen-bond acceptors (Lipinski definition) is 4. The summed E-state index contributed by atoms with van der Waals surface area (Å²) in [6.45, 7) is 7.21. The van der Waals surface area contributed by atoms with E-state index in [2.05, 4.69) is 36.3 Å². The monoisotopic (exact) mass is 311 g/mol. The van der Waals surface area contributed by atoms with Gasteiger partial charge in [-0.3, -0.25) is 0 Å². The van der Waals surface area contributed by atoms with E-state index in [9.17, 15) is 4.39 Å². The Morgan fingerprint density at radius 2 is 2.05 bits per heavy atom. The molecule has 6 heteroatoms. The summed E-state index contributed by atoms with van der Waals surface area (Å²) in [6.07, 6.45) is 1.55. The molecule has 0 spiro atoms. The van der Waals surface area contributed by atoms with Gasteiger partial charge >= 0.3 is 0 Å². The minimum atomic E-state index is -0.497. The van der Waals surface area contributed by atoms with E-state index in [4.69, 9.17) is 16.0 Å². The standard InChI is InChI=1S/C15H19ClFN3O/c1-15(2,3)18-9-5-8-12-19-20-14(21-12)10-6-4-7-11(17)13(10)16/h4,6-7,18H,5,8-9H2,1-3H3. The van der Waals surface area contributed by atoms with Gasteiger partial charge in [-0.2, -0.15) is 0 Å². The van der Waals surface area contributed by atoms with E-state index in [1.54, 1.807) is 12.1 Å². The van der Waals surface area contributed by atoms with E-state index in [1.165, 1.54) is 6.07 Å². The molecule has 2 aromatic rings. The second-order valence-electron chi connectivity index (χ2n) is 5.88. The lowest BCUT2D eigenvalue weighted by Gasteiger charge is -2.19. The van der Waals surface area contributed by atoms with Crippen molar-refractivity contribution in [1.82, 2.24) is 15.5 Å². The fourth-order valence-electron chi connectivity index (χ4n) is 1.84. The maximum absolute atomic E-state index is 13.4. The van der Waals surface area contributed by atoms with E-state index in [0.29, 0.717) is 17.9 Å².